The first-order valence-corrected chi connectivity index (χ1v) is 6.84. The molecule has 0 atom stereocenters. The first-order valence-electron chi connectivity index (χ1n) is 6.05. The van der Waals surface area contributed by atoms with Gasteiger partial charge in [-0.25, -0.2) is 9.50 Å². The molecule has 0 aliphatic rings. The molecule has 1 N–H and O–H groups in total. The average Bonchev–Trinajstić information content (AvgIpc) is 2.83. The minimum atomic E-state index is -0.0948. The Kier molecular flexibility index (Phi) is 2.98. The van der Waals surface area contributed by atoms with Crippen LogP contribution >= 0.6 is 15.9 Å². The summed E-state index contributed by atoms with van der Waals surface area (Å²) in [7, 11) is 0. The van der Waals surface area contributed by atoms with Gasteiger partial charge in [-0.05, 0) is 18.6 Å². The van der Waals surface area contributed by atoms with Crippen LogP contribution < -0.4 is 5.56 Å². The second kappa shape index (κ2) is 4.66. The van der Waals surface area contributed by atoms with E-state index in [1.165, 1.54) is 4.52 Å². The molecule has 2 heterocycles. The second-order valence-electron chi connectivity index (χ2n) is 4.30. The molecule has 0 spiro atoms. The van der Waals surface area contributed by atoms with Gasteiger partial charge in [-0.15, -0.1) is 0 Å². The number of rotatable bonds is 2. The molecular weight excluding hydrogens is 306 g/mol. The predicted octanol–water partition coefficient (Wildman–Crippen LogP) is 3.01. The number of hydrogen-bond acceptors (Lipinski definition) is 2. The van der Waals surface area contributed by atoms with Gasteiger partial charge >= 0.3 is 0 Å². The van der Waals surface area contributed by atoms with Crippen molar-refractivity contribution in [2.45, 2.75) is 13.3 Å². The molecule has 0 saturated carbocycles. The van der Waals surface area contributed by atoms with Crippen LogP contribution in [0.5, 0.6) is 0 Å². The molecule has 19 heavy (non-hydrogen) atoms. The molecular formula is C14H12BrN3O. The van der Waals surface area contributed by atoms with E-state index in [0.29, 0.717) is 11.3 Å². The van der Waals surface area contributed by atoms with Crippen molar-refractivity contribution in [2.24, 2.45) is 0 Å². The molecule has 0 aliphatic heterocycles. The number of aryl methyl sites for hydroxylation is 1. The monoisotopic (exact) mass is 317 g/mol. The van der Waals surface area contributed by atoms with Crippen molar-refractivity contribution in [3.63, 3.8) is 0 Å². The van der Waals surface area contributed by atoms with Crippen LogP contribution in [-0.4, -0.2) is 14.6 Å². The van der Waals surface area contributed by atoms with Gasteiger partial charge in [0.25, 0.3) is 5.56 Å². The van der Waals surface area contributed by atoms with Crippen molar-refractivity contribution < 1.29 is 0 Å². The zero-order valence-corrected chi connectivity index (χ0v) is 11.9. The fourth-order valence-electron chi connectivity index (χ4n) is 2.06. The van der Waals surface area contributed by atoms with E-state index in [1.54, 1.807) is 6.07 Å². The molecule has 1 aromatic carbocycles. The Bertz CT molecular complexity index is 787. The van der Waals surface area contributed by atoms with Gasteiger partial charge in [0, 0.05) is 27.9 Å². The summed E-state index contributed by atoms with van der Waals surface area (Å²) in [5.41, 5.74) is 3.28. The lowest BCUT2D eigenvalue weighted by atomic mass is 10.1. The maximum absolute atomic E-state index is 12.1. The van der Waals surface area contributed by atoms with Gasteiger partial charge in [0.05, 0.1) is 5.69 Å². The van der Waals surface area contributed by atoms with Crippen LogP contribution in [0, 0.1) is 0 Å². The fraction of sp³-hybridized carbons (Fsp3) is 0.143. The number of benzene rings is 1. The number of halogens is 1. The molecule has 0 saturated heterocycles. The van der Waals surface area contributed by atoms with E-state index in [1.807, 2.05) is 37.4 Å². The highest BCUT2D eigenvalue weighted by Crippen LogP contribution is 2.20. The van der Waals surface area contributed by atoms with E-state index in [0.717, 1.165) is 22.0 Å². The van der Waals surface area contributed by atoms with E-state index in [2.05, 4.69) is 26.0 Å². The Morgan fingerprint density at radius 1 is 1.32 bits per heavy atom. The third-order valence-corrected chi connectivity index (χ3v) is 3.62. The van der Waals surface area contributed by atoms with Crippen molar-refractivity contribution in [3.05, 3.63) is 56.9 Å². The molecule has 0 aliphatic carbocycles. The van der Waals surface area contributed by atoms with E-state index in [9.17, 15) is 4.79 Å². The predicted molar refractivity (Wildman–Crippen MR) is 78.3 cm³/mol. The summed E-state index contributed by atoms with van der Waals surface area (Å²) in [4.78, 5) is 16.6. The summed E-state index contributed by atoms with van der Waals surface area (Å²) in [5.74, 6) is 0. The first kappa shape index (κ1) is 12.2. The maximum Gasteiger partial charge on any atom is 0.273 e. The zero-order valence-electron chi connectivity index (χ0n) is 10.4. The molecule has 0 radical (unpaired) electrons. The highest BCUT2D eigenvalue weighted by atomic mass is 79.9. The second-order valence-corrected chi connectivity index (χ2v) is 5.21. The van der Waals surface area contributed by atoms with Crippen LogP contribution in [0.15, 0.2) is 45.8 Å². The Morgan fingerprint density at radius 2 is 2.05 bits per heavy atom. The molecule has 3 rings (SSSR count). The Labute approximate surface area is 118 Å². The van der Waals surface area contributed by atoms with Crippen LogP contribution in [0.1, 0.15) is 12.5 Å². The van der Waals surface area contributed by atoms with Gasteiger partial charge in [-0.1, -0.05) is 35.0 Å². The maximum atomic E-state index is 12.1. The van der Waals surface area contributed by atoms with Crippen LogP contribution in [-0.2, 0) is 6.42 Å². The number of hydrogen-bond donors (Lipinski definition) is 1. The SMILES string of the molecule is CCc1c[nH]n2c(=O)cc(-c3ccc(Br)cc3)nc12. The summed E-state index contributed by atoms with van der Waals surface area (Å²) < 4.78 is 2.48. The first-order chi connectivity index (χ1) is 9.19. The summed E-state index contributed by atoms with van der Waals surface area (Å²) in [6, 6.07) is 9.32. The smallest absolute Gasteiger partial charge is 0.273 e. The molecule has 5 heteroatoms. The molecule has 4 nitrogen and oxygen atoms in total. The molecule has 0 fully saturated rings. The van der Waals surface area contributed by atoms with Crippen molar-refractivity contribution in [3.8, 4) is 11.3 Å². The quantitative estimate of drug-likeness (QED) is 0.790. The molecule has 3 aromatic rings. The van der Waals surface area contributed by atoms with E-state index < -0.39 is 0 Å². The van der Waals surface area contributed by atoms with Gasteiger partial charge in [-0.3, -0.25) is 9.89 Å². The van der Waals surface area contributed by atoms with Crippen LogP contribution in [0.4, 0.5) is 0 Å². The van der Waals surface area contributed by atoms with Crippen molar-refractivity contribution in [2.75, 3.05) is 0 Å². The van der Waals surface area contributed by atoms with Crippen molar-refractivity contribution >= 4 is 21.6 Å². The Balaban J connectivity index is 2.24. The van der Waals surface area contributed by atoms with E-state index in [-0.39, 0.29) is 5.56 Å². The topological polar surface area (TPSA) is 50.2 Å². The number of nitrogens with zero attached hydrogens (tertiary/aromatic N) is 2. The largest absolute Gasteiger partial charge is 0.297 e. The minimum Gasteiger partial charge on any atom is -0.297 e. The minimum absolute atomic E-state index is 0.0948. The lowest BCUT2D eigenvalue weighted by molar-refractivity contribution is 0.901. The van der Waals surface area contributed by atoms with Crippen LogP contribution in [0.25, 0.3) is 16.9 Å². The third-order valence-electron chi connectivity index (χ3n) is 3.09. The van der Waals surface area contributed by atoms with Gasteiger partial charge in [0.15, 0.2) is 5.65 Å². The molecule has 2 aromatic heterocycles. The van der Waals surface area contributed by atoms with Gasteiger partial charge < -0.3 is 0 Å². The van der Waals surface area contributed by atoms with Crippen molar-refractivity contribution in [1.29, 1.82) is 0 Å². The molecule has 96 valence electrons. The van der Waals surface area contributed by atoms with Gasteiger partial charge in [0.1, 0.15) is 0 Å². The lowest BCUT2D eigenvalue weighted by Crippen LogP contribution is -2.14. The summed E-state index contributed by atoms with van der Waals surface area (Å²) >= 11 is 3.40. The lowest BCUT2D eigenvalue weighted by Gasteiger charge is -2.02. The highest BCUT2D eigenvalue weighted by molar-refractivity contribution is 9.10. The average molecular weight is 318 g/mol. The Hall–Kier alpha value is -1.88. The summed E-state index contributed by atoms with van der Waals surface area (Å²) in [6.07, 6.45) is 2.67. The van der Waals surface area contributed by atoms with Crippen molar-refractivity contribution in [1.82, 2.24) is 14.6 Å². The summed E-state index contributed by atoms with van der Waals surface area (Å²) in [5, 5.41) is 2.93. The number of nitrogens with one attached hydrogen (secondary N) is 1. The summed E-state index contributed by atoms with van der Waals surface area (Å²) in [6.45, 7) is 2.04. The van der Waals surface area contributed by atoms with Gasteiger partial charge in [-0.2, -0.15) is 0 Å². The van der Waals surface area contributed by atoms with Crippen LogP contribution in [0.3, 0.4) is 0 Å². The zero-order chi connectivity index (χ0) is 13.4. The van der Waals surface area contributed by atoms with E-state index >= 15 is 0 Å². The van der Waals surface area contributed by atoms with E-state index in [4.69, 9.17) is 0 Å². The Morgan fingerprint density at radius 3 is 2.74 bits per heavy atom. The normalized spacial score (nSPS) is 11.1. The van der Waals surface area contributed by atoms with Crippen LogP contribution in [0.2, 0.25) is 0 Å². The fourth-order valence-corrected chi connectivity index (χ4v) is 2.32. The molecule has 0 bridgehead atoms. The number of fused-ring (bicyclic) bond motifs is 1. The molecule has 0 unspecified atom stereocenters. The number of aromatic amines is 1. The number of aromatic nitrogens is 3. The highest BCUT2D eigenvalue weighted by Gasteiger charge is 2.08. The third kappa shape index (κ3) is 2.10. The van der Waals surface area contributed by atoms with Gasteiger partial charge in [0.2, 0.25) is 0 Å². The number of H-pyrrole nitrogens is 1. The molecule has 0 amide bonds. The standard InChI is InChI=1S/C14H12BrN3O/c1-2-9-8-16-18-13(19)7-12(17-14(9)18)10-3-5-11(15)6-4-10/h3-8,16H,2H2,1H3.